The van der Waals surface area contributed by atoms with Crippen molar-refractivity contribution < 1.29 is 74.0 Å². The average Bonchev–Trinajstić information content (AvgIpc) is 3.62. The first-order chi connectivity index (χ1) is 27.4. The van der Waals surface area contributed by atoms with Gasteiger partial charge >= 0.3 is 24.1 Å². The summed E-state index contributed by atoms with van der Waals surface area (Å²) < 4.78 is 75.2. The summed E-state index contributed by atoms with van der Waals surface area (Å²) in [6.45, 7) is 1.28. The molecule has 5 rings (SSSR count). The fourth-order valence-corrected chi connectivity index (χ4v) is 5.60. The molecular formula is C36H38N4O16S2. The zero-order valence-corrected chi connectivity index (χ0v) is 32.0. The summed E-state index contributed by atoms with van der Waals surface area (Å²) in [5, 5.41) is 28.5. The van der Waals surface area contributed by atoms with Crippen LogP contribution in [0.15, 0.2) is 105 Å². The topological polar surface area (TPSA) is 314 Å². The number of fused-ring (bicyclic) bond motifs is 2. The summed E-state index contributed by atoms with van der Waals surface area (Å²) >= 11 is 0. The van der Waals surface area contributed by atoms with Gasteiger partial charge < -0.3 is 45.4 Å². The third-order valence-electron chi connectivity index (χ3n) is 7.11. The molecule has 1 heterocycles. The standard InChI is InChI=1S/C24H26N4O10.2C6H6O3S/c1-13(29)17-10-16-20(37-23(34)27-8-6-25-11-18(30)31)14-4-2-3-5-15(14)21(22(16)36-17)38-24(35)28-9-7-26-12-19(32)33;2*7-10(8,9)6-4-2-1-3-5-6/h2-5,10,25-26H,6-9,11-12H2,1H3,(H,27,34)(H,28,35)(H,30,31)(H,32,33);2*1-5H,(H,7,8,9). The number of amides is 2. The summed E-state index contributed by atoms with van der Waals surface area (Å²) in [5.74, 6) is -2.48. The Morgan fingerprint density at radius 2 is 0.983 bits per heavy atom. The molecule has 58 heavy (non-hydrogen) atoms. The molecule has 0 aliphatic rings. The van der Waals surface area contributed by atoms with Crippen LogP contribution in [0.3, 0.4) is 0 Å². The number of benzene rings is 4. The third kappa shape index (κ3) is 14.9. The summed E-state index contributed by atoms with van der Waals surface area (Å²) in [4.78, 5) is 58.0. The summed E-state index contributed by atoms with van der Waals surface area (Å²) in [6.07, 6.45) is -1.69. The zero-order valence-electron chi connectivity index (χ0n) is 30.4. The Hall–Kier alpha value is -6.43. The van der Waals surface area contributed by atoms with Gasteiger partial charge in [0, 0.05) is 43.9 Å². The number of hydrogen-bond donors (Lipinski definition) is 8. The number of carboxylic acids is 2. The van der Waals surface area contributed by atoms with Gasteiger partial charge in [0.1, 0.15) is 0 Å². The smallest absolute Gasteiger partial charge is 0.412 e. The van der Waals surface area contributed by atoms with E-state index in [9.17, 15) is 40.8 Å². The average molecular weight is 847 g/mol. The third-order valence-corrected chi connectivity index (χ3v) is 8.85. The first kappa shape index (κ1) is 46.0. The zero-order chi connectivity index (χ0) is 42.9. The van der Waals surface area contributed by atoms with E-state index < -0.39 is 50.1 Å². The molecule has 8 N–H and O–H groups in total. The molecular weight excluding hydrogens is 809 g/mol. The van der Waals surface area contributed by atoms with Crippen LogP contribution in [0.5, 0.6) is 11.5 Å². The summed E-state index contributed by atoms with van der Waals surface area (Å²) in [7, 11) is -8.01. The van der Waals surface area contributed by atoms with Crippen LogP contribution in [0.1, 0.15) is 17.5 Å². The minimum atomic E-state index is -4.00. The minimum Gasteiger partial charge on any atom is -0.480 e. The van der Waals surface area contributed by atoms with E-state index in [1.165, 1.54) is 37.3 Å². The number of Topliss-reactive ketones (excluding diaryl/α,β-unsaturated/α-hetero) is 1. The largest absolute Gasteiger partial charge is 0.480 e. The van der Waals surface area contributed by atoms with Gasteiger partial charge in [0.05, 0.1) is 28.3 Å². The molecule has 0 aliphatic carbocycles. The molecule has 2 amide bonds. The number of carboxylic acid groups (broad SMARTS) is 2. The summed E-state index contributed by atoms with van der Waals surface area (Å²) in [6, 6.07) is 22.8. The number of nitrogens with one attached hydrogen (secondary N) is 4. The summed E-state index contributed by atoms with van der Waals surface area (Å²) in [5.41, 5.74) is -0.000947. The molecule has 0 saturated heterocycles. The highest BCUT2D eigenvalue weighted by Gasteiger charge is 2.25. The van der Waals surface area contributed by atoms with Gasteiger partial charge in [-0.2, -0.15) is 16.8 Å². The highest BCUT2D eigenvalue weighted by atomic mass is 32.2. The van der Waals surface area contributed by atoms with Gasteiger partial charge in [-0.25, -0.2) is 9.59 Å². The lowest BCUT2D eigenvalue weighted by Crippen LogP contribution is -2.35. The van der Waals surface area contributed by atoms with Crippen LogP contribution in [0.25, 0.3) is 21.7 Å². The van der Waals surface area contributed by atoms with E-state index in [-0.39, 0.29) is 77.3 Å². The molecule has 20 nitrogen and oxygen atoms in total. The molecule has 0 atom stereocenters. The van der Waals surface area contributed by atoms with Crippen LogP contribution < -0.4 is 30.7 Å². The fourth-order valence-electron chi connectivity index (χ4n) is 4.60. The van der Waals surface area contributed by atoms with Crippen LogP contribution in [-0.2, 0) is 29.8 Å². The number of carbonyl (C=O) groups excluding carboxylic acids is 3. The Kier molecular flexibility index (Phi) is 17.2. The van der Waals surface area contributed by atoms with Crippen LogP contribution in [-0.4, -0.2) is 105 Å². The highest BCUT2D eigenvalue weighted by molar-refractivity contribution is 7.86. The molecule has 5 aromatic rings. The van der Waals surface area contributed by atoms with E-state index in [2.05, 4.69) is 21.3 Å². The van der Waals surface area contributed by atoms with Gasteiger partial charge in [-0.15, -0.1) is 0 Å². The lowest BCUT2D eigenvalue weighted by Gasteiger charge is -2.14. The molecule has 0 radical (unpaired) electrons. The first-order valence-corrected chi connectivity index (χ1v) is 19.6. The van der Waals surface area contributed by atoms with Crippen molar-refractivity contribution in [2.45, 2.75) is 16.7 Å². The molecule has 310 valence electrons. The van der Waals surface area contributed by atoms with Crippen molar-refractivity contribution in [3.8, 4) is 11.5 Å². The van der Waals surface area contributed by atoms with E-state index in [1.54, 1.807) is 60.7 Å². The second-order valence-electron chi connectivity index (χ2n) is 11.5. The lowest BCUT2D eigenvalue weighted by atomic mass is 10.1. The first-order valence-electron chi connectivity index (χ1n) is 16.7. The Bertz CT molecular complexity index is 2280. The van der Waals surface area contributed by atoms with Crippen molar-refractivity contribution in [3.05, 3.63) is 96.8 Å². The van der Waals surface area contributed by atoms with Gasteiger partial charge in [0.2, 0.25) is 0 Å². The lowest BCUT2D eigenvalue weighted by molar-refractivity contribution is -0.136. The molecule has 0 spiro atoms. The van der Waals surface area contributed by atoms with Crippen molar-refractivity contribution in [3.63, 3.8) is 0 Å². The van der Waals surface area contributed by atoms with Crippen molar-refractivity contribution in [2.75, 3.05) is 39.3 Å². The second kappa shape index (κ2) is 21.8. The van der Waals surface area contributed by atoms with Crippen molar-refractivity contribution in [1.82, 2.24) is 21.3 Å². The van der Waals surface area contributed by atoms with Gasteiger partial charge in [-0.1, -0.05) is 60.7 Å². The van der Waals surface area contributed by atoms with Gasteiger partial charge in [-0.3, -0.25) is 23.5 Å². The number of hydrogen-bond acceptors (Lipinski definition) is 14. The number of aliphatic carboxylic acids is 2. The molecule has 0 aliphatic heterocycles. The Balaban J connectivity index is 0.000000362. The van der Waals surface area contributed by atoms with E-state index >= 15 is 0 Å². The Morgan fingerprint density at radius 1 is 0.586 bits per heavy atom. The van der Waals surface area contributed by atoms with Crippen LogP contribution in [0, 0.1) is 0 Å². The quantitative estimate of drug-likeness (QED) is 0.0426. The minimum absolute atomic E-state index is 0.000947. The predicted molar refractivity (Wildman–Crippen MR) is 205 cm³/mol. The molecule has 4 aromatic carbocycles. The maximum Gasteiger partial charge on any atom is 0.412 e. The van der Waals surface area contributed by atoms with Gasteiger partial charge in [0.15, 0.2) is 28.6 Å². The maximum absolute atomic E-state index is 12.5. The maximum atomic E-state index is 12.5. The predicted octanol–water partition coefficient (Wildman–Crippen LogP) is 3.18. The van der Waals surface area contributed by atoms with E-state index in [4.69, 9.17) is 33.2 Å². The normalized spacial score (nSPS) is 10.9. The molecule has 22 heteroatoms. The molecule has 1 aromatic heterocycles. The van der Waals surface area contributed by atoms with Crippen molar-refractivity contribution in [1.29, 1.82) is 0 Å². The van der Waals surface area contributed by atoms with Crippen LogP contribution >= 0.6 is 0 Å². The van der Waals surface area contributed by atoms with Gasteiger partial charge in [0.25, 0.3) is 20.2 Å². The number of carbonyl (C=O) groups is 5. The van der Waals surface area contributed by atoms with Gasteiger partial charge in [-0.05, 0) is 30.3 Å². The fraction of sp³-hybridized carbons (Fsp3) is 0.194. The Morgan fingerprint density at radius 3 is 1.36 bits per heavy atom. The number of ether oxygens (including phenoxy) is 2. The SMILES string of the molecule is CC(=O)c1cc2c(OC(=O)NCCNCC(=O)O)c3ccccc3c(OC(=O)NCCNCC(=O)O)c2o1.O=S(=O)(O)c1ccccc1.O=S(=O)(O)c1ccccc1. The number of ketones is 1. The van der Waals surface area contributed by atoms with Crippen LogP contribution in [0.2, 0.25) is 0 Å². The van der Waals surface area contributed by atoms with Crippen molar-refractivity contribution in [2.24, 2.45) is 0 Å². The molecule has 0 saturated carbocycles. The van der Waals surface area contributed by atoms with E-state index in [1.807, 2.05) is 0 Å². The molecule has 0 fully saturated rings. The van der Waals surface area contributed by atoms with E-state index in [0.29, 0.717) is 10.8 Å². The number of rotatable bonds is 15. The highest BCUT2D eigenvalue weighted by Crippen LogP contribution is 2.44. The molecule has 0 unspecified atom stereocenters. The van der Waals surface area contributed by atoms with E-state index in [0.717, 1.165) is 0 Å². The van der Waals surface area contributed by atoms with Crippen molar-refractivity contribution >= 4 is 71.9 Å². The van der Waals surface area contributed by atoms with Crippen LogP contribution in [0.4, 0.5) is 9.59 Å². The second-order valence-corrected chi connectivity index (χ2v) is 14.3. The Labute approximate surface area is 330 Å². The monoisotopic (exact) mass is 846 g/mol. The number of furan rings is 1. The molecule has 0 bridgehead atoms.